The lowest BCUT2D eigenvalue weighted by Crippen LogP contribution is -2.18. The quantitative estimate of drug-likeness (QED) is 0.363. The summed E-state index contributed by atoms with van der Waals surface area (Å²) in [7, 11) is 0. The van der Waals surface area contributed by atoms with E-state index in [1.54, 1.807) is 24.3 Å². The standard InChI is InChI=1S/C23H15ClFN3O/c24-20-7-3-1-6-18(20)22-13-19(17-5-2-4-8-21(17)27-22)23(29)28-26-14-15-9-11-16(25)12-10-15/h1-14H,(H,28,29). The first-order valence-electron chi connectivity index (χ1n) is 8.85. The maximum absolute atomic E-state index is 13.0. The van der Waals surface area contributed by atoms with Crippen LogP contribution in [0.1, 0.15) is 15.9 Å². The van der Waals surface area contributed by atoms with Crippen molar-refractivity contribution >= 4 is 34.6 Å². The Morgan fingerprint density at radius 1 is 1.00 bits per heavy atom. The molecule has 29 heavy (non-hydrogen) atoms. The lowest BCUT2D eigenvalue weighted by atomic mass is 10.0. The third-order valence-corrected chi connectivity index (χ3v) is 4.69. The average Bonchev–Trinajstić information content (AvgIpc) is 2.74. The van der Waals surface area contributed by atoms with Gasteiger partial charge in [-0.15, -0.1) is 0 Å². The molecule has 0 aliphatic heterocycles. The first-order valence-corrected chi connectivity index (χ1v) is 9.23. The summed E-state index contributed by atoms with van der Waals surface area (Å²) in [6, 6.07) is 22.2. The van der Waals surface area contributed by atoms with Crippen LogP contribution in [0.15, 0.2) is 84.0 Å². The fraction of sp³-hybridized carbons (Fsp3) is 0. The number of amides is 1. The number of halogens is 2. The van der Waals surface area contributed by atoms with Crippen LogP contribution in [0.2, 0.25) is 5.02 Å². The van der Waals surface area contributed by atoms with E-state index in [0.717, 1.165) is 5.56 Å². The topological polar surface area (TPSA) is 54.4 Å². The van der Waals surface area contributed by atoms with Crippen molar-refractivity contribution in [3.8, 4) is 11.3 Å². The second-order valence-electron chi connectivity index (χ2n) is 6.30. The first-order chi connectivity index (χ1) is 14.1. The summed E-state index contributed by atoms with van der Waals surface area (Å²) in [6.45, 7) is 0. The minimum atomic E-state index is -0.379. The number of hydrogen-bond acceptors (Lipinski definition) is 3. The Labute approximate surface area is 171 Å². The number of hydrogen-bond donors (Lipinski definition) is 1. The summed E-state index contributed by atoms with van der Waals surface area (Å²) in [6.07, 6.45) is 1.45. The molecule has 0 aliphatic carbocycles. The van der Waals surface area contributed by atoms with Crippen molar-refractivity contribution in [2.75, 3.05) is 0 Å². The van der Waals surface area contributed by atoms with E-state index >= 15 is 0 Å². The highest BCUT2D eigenvalue weighted by atomic mass is 35.5. The van der Waals surface area contributed by atoms with Gasteiger partial charge >= 0.3 is 0 Å². The zero-order valence-electron chi connectivity index (χ0n) is 15.1. The van der Waals surface area contributed by atoms with E-state index in [-0.39, 0.29) is 11.7 Å². The van der Waals surface area contributed by atoms with Crippen molar-refractivity contribution in [1.82, 2.24) is 10.4 Å². The van der Waals surface area contributed by atoms with Gasteiger partial charge in [-0.3, -0.25) is 4.79 Å². The molecule has 1 N–H and O–H groups in total. The Balaban J connectivity index is 1.69. The summed E-state index contributed by atoms with van der Waals surface area (Å²) in [5.74, 6) is -0.711. The Bertz CT molecular complexity index is 1220. The normalized spacial score (nSPS) is 11.1. The van der Waals surface area contributed by atoms with Gasteiger partial charge in [0.1, 0.15) is 5.82 Å². The summed E-state index contributed by atoms with van der Waals surface area (Å²) >= 11 is 6.31. The highest BCUT2D eigenvalue weighted by molar-refractivity contribution is 6.33. The van der Waals surface area contributed by atoms with Crippen LogP contribution in [-0.4, -0.2) is 17.1 Å². The van der Waals surface area contributed by atoms with Crippen molar-refractivity contribution < 1.29 is 9.18 Å². The molecule has 0 fully saturated rings. The number of benzene rings is 3. The molecule has 0 atom stereocenters. The number of aromatic nitrogens is 1. The van der Waals surface area contributed by atoms with Crippen LogP contribution >= 0.6 is 11.6 Å². The molecule has 0 unspecified atom stereocenters. The van der Waals surface area contributed by atoms with Gasteiger partial charge in [-0.2, -0.15) is 5.10 Å². The molecule has 0 bridgehead atoms. The van der Waals surface area contributed by atoms with Gasteiger partial charge in [0.25, 0.3) is 5.91 Å². The Hall–Kier alpha value is -3.57. The number of pyridine rings is 1. The van der Waals surface area contributed by atoms with Crippen LogP contribution in [0.5, 0.6) is 0 Å². The number of para-hydroxylation sites is 1. The van der Waals surface area contributed by atoms with E-state index in [2.05, 4.69) is 15.5 Å². The lowest BCUT2D eigenvalue weighted by Gasteiger charge is -2.10. The van der Waals surface area contributed by atoms with Gasteiger partial charge in [0, 0.05) is 16.0 Å². The van der Waals surface area contributed by atoms with Crippen LogP contribution in [0, 0.1) is 5.82 Å². The highest BCUT2D eigenvalue weighted by Crippen LogP contribution is 2.29. The van der Waals surface area contributed by atoms with Crippen molar-refractivity contribution in [2.45, 2.75) is 0 Å². The van der Waals surface area contributed by atoms with Gasteiger partial charge < -0.3 is 0 Å². The number of nitrogens with one attached hydrogen (secondary N) is 1. The first kappa shape index (κ1) is 18.8. The maximum Gasteiger partial charge on any atom is 0.272 e. The van der Waals surface area contributed by atoms with Crippen LogP contribution in [-0.2, 0) is 0 Å². The average molecular weight is 404 g/mol. The van der Waals surface area contributed by atoms with Gasteiger partial charge in [0.15, 0.2) is 0 Å². The molecule has 1 aromatic heterocycles. The molecule has 4 rings (SSSR count). The molecule has 0 saturated heterocycles. The van der Waals surface area contributed by atoms with Crippen molar-refractivity contribution in [3.05, 3.63) is 101 Å². The van der Waals surface area contributed by atoms with E-state index < -0.39 is 0 Å². The molecule has 0 saturated carbocycles. The molecule has 0 aliphatic rings. The molecule has 1 heterocycles. The minimum Gasteiger partial charge on any atom is -0.267 e. The molecular formula is C23H15ClFN3O. The number of rotatable bonds is 4. The zero-order chi connectivity index (χ0) is 20.2. The molecule has 0 radical (unpaired) electrons. The van der Waals surface area contributed by atoms with Crippen molar-refractivity contribution in [3.63, 3.8) is 0 Å². The fourth-order valence-electron chi connectivity index (χ4n) is 2.94. The van der Waals surface area contributed by atoms with E-state index in [1.165, 1.54) is 18.3 Å². The predicted molar refractivity (Wildman–Crippen MR) is 114 cm³/mol. The highest BCUT2D eigenvalue weighted by Gasteiger charge is 2.14. The van der Waals surface area contributed by atoms with E-state index in [9.17, 15) is 9.18 Å². The Morgan fingerprint density at radius 3 is 2.52 bits per heavy atom. The van der Waals surface area contributed by atoms with Crippen LogP contribution in [0.3, 0.4) is 0 Å². The third kappa shape index (κ3) is 4.15. The van der Waals surface area contributed by atoms with Crippen LogP contribution in [0.25, 0.3) is 22.2 Å². The number of nitrogens with zero attached hydrogens (tertiary/aromatic N) is 2. The van der Waals surface area contributed by atoms with Crippen molar-refractivity contribution in [1.29, 1.82) is 0 Å². The van der Waals surface area contributed by atoms with E-state index in [4.69, 9.17) is 11.6 Å². The van der Waals surface area contributed by atoms with E-state index in [0.29, 0.717) is 32.7 Å². The zero-order valence-corrected chi connectivity index (χ0v) is 15.9. The minimum absolute atomic E-state index is 0.332. The molecule has 142 valence electrons. The van der Waals surface area contributed by atoms with Gasteiger partial charge in [-0.1, -0.05) is 60.1 Å². The van der Waals surface area contributed by atoms with Gasteiger partial charge in [0.2, 0.25) is 0 Å². The number of hydrazone groups is 1. The number of carbonyl (C=O) groups is 1. The lowest BCUT2D eigenvalue weighted by molar-refractivity contribution is 0.0956. The number of carbonyl (C=O) groups excluding carboxylic acids is 1. The number of fused-ring (bicyclic) bond motifs is 1. The monoisotopic (exact) mass is 403 g/mol. The van der Waals surface area contributed by atoms with Gasteiger partial charge in [-0.25, -0.2) is 14.8 Å². The largest absolute Gasteiger partial charge is 0.272 e. The van der Waals surface area contributed by atoms with Crippen LogP contribution in [0.4, 0.5) is 4.39 Å². The summed E-state index contributed by atoms with van der Waals surface area (Å²) < 4.78 is 13.0. The Kier molecular flexibility index (Phi) is 5.31. The molecule has 1 amide bonds. The summed E-state index contributed by atoms with van der Waals surface area (Å²) in [5.41, 5.74) is 5.64. The molecular weight excluding hydrogens is 389 g/mol. The Morgan fingerprint density at radius 2 is 1.72 bits per heavy atom. The van der Waals surface area contributed by atoms with Gasteiger partial charge in [-0.05, 0) is 35.9 Å². The van der Waals surface area contributed by atoms with E-state index in [1.807, 2.05) is 42.5 Å². The molecule has 0 spiro atoms. The smallest absolute Gasteiger partial charge is 0.267 e. The molecule has 6 heteroatoms. The fourth-order valence-corrected chi connectivity index (χ4v) is 3.18. The second-order valence-corrected chi connectivity index (χ2v) is 6.71. The summed E-state index contributed by atoms with van der Waals surface area (Å²) in [4.78, 5) is 17.5. The maximum atomic E-state index is 13.0. The predicted octanol–water partition coefficient (Wildman–Crippen LogP) is 5.46. The molecule has 4 nitrogen and oxygen atoms in total. The second kappa shape index (κ2) is 8.20. The SMILES string of the molecule is O=C(NN=Cc1ccc(F)cc1)c1cc(-c2ccccc2Cl)nc2ccccc12. The van der Waals surface area contributed by atoms with Gasteiger partial charge in [0.05, 0.1) is 23.0 Å². The third-order valence-electron chi connectivity index (χ3n) is 4.36. The summed E-state index contributed by atoms with van der Waals surface area (Å²) in [5, 5.41) is 5.24. The molecule has 4 aromatic rings. The van der Waals surface area contributed by atoms with Crippen molar-refractivity contribution in [2.24, 2.45) is 5.10 Å². The van der Waals surface area contributed by atoms with Crippen LogP contribution < -0.4 is 5.43 Å². The molecule has 3 aromatic carbocycles.